The Hall–Kier alpha value is -1.87. The fraction of sp³-hybridized carbons (Fsp3) is 0.953. The minimum atomic E-state index is -0.177. The van der Waals surface area contributed by atoms with Crippen LogP contribution >= 0.6 is 0 Å². The van der Waals surface area contributed by atoms with Crippen LogP contribution in [0.4, 0.5) is 0 Å². The maximum Gasteiger partial charge on any atom is 0.307 e. The summed E-state index contributed by atoms with van der Waals surface area (Å²) in [7, 11) is 0. The summed E-state index contributed by atoms with van der Waals surface area (Å²) in [5, 5.41) is 31.0. The first-order valence-electron chi connectivity index (χ1n) is 32.5. The summed E-state index contributed by atoms with van der Waals surface area (Å²) in [5.41, 5.74) is 0. The van der Waals surface area contributed by atoms with Crippen LogP contribution in [0.25, 0.3) is 0 Å². The predicted molar refractivity (Wildman–Crippen MR) is 326 cm³/mol. The Morgan fingerprint density at radius 2 is 0.571 bits per heavy atom. The van der Waals surface area contributed by atoms with Gasteiger partial charge in [-0.15, -0.1) is 0 Å². The number of carbonyl (C=O) groups excluding carboxylic acids is 3. The number of hydrogen-bond donors (Lipinski definition) is 4. The lowest BCUT2D eigenvalue weighted by molar-refractivity contribution is -0.145. The quantitative estimate of drug-likeness (QED) is 0.0259. The van der Waals surface area contributed by atoms with Crippen molar-refractivity contribution >= 4 is 17.9 Å². The fourth-order valence-electron chi connectivity index (χ4n) is 9.58. The number of nitrogens with one attached hydrogen (secondary N) is 1. The van der Waals surface area contributed by atoms with E-state index >= 15 is 0 Å². The van der Waals surface area contributed by atoms with Crippen molar-refractivity contribution in [3.63, 3.8) is 0 Å². The summed E-state index contributed by atoms with van der Waals surface area (Å²) >= 11 is 0. The van der Waals surface area contributed by atoms with E-state index in [9.17, 15) is 24.6 Å². The number of aliphatic hydroxyl groups excluding tert-OH is 3. The van der Waals surface area contributed by atoms with Crippen molar-refractivity contribution < 1.29 is 43.9 Å². The second-order valence-electron chi connectivity index (χ2n) is 21.7. The average molecular weight is 1100 g/mol. The molecule has 462 valence electrons. The molecule has 77 heavy (non-hydrogen) atoms. The van der Waals surface area contributed by atoms with Crippen LogP contribution < -0.4 is 5.32 Å². The molecule has 0 unspecified atom stereocenters. The standard InChI is InChI=1S/C39H78N2O6.C24H50N2O3.CH4/c1-3-5-7-9-11-13-15-17-19-21-23-36-46-38(44)26-30-40(28-25-29-41(32-34-42)33-35-43)31-27-39(45)47-37-24-22-20-18-16-14-12-10-8-6-4-2;1-3-5-6-7-8-9-10-11-12-13-14-23-29-24(28)16-18-25-17-15-20-26(19-4-2)21-22-27;/h42-43H,3-37H2,1-2H3;25,27H,3-23H2,1-2H3;1H4. The first-order chi connectivity index (χ1) is 37.3. The van der Waals surface area contributed by atoms with Gasteiger partial charge in [0.15, 0.2) is 0 Å². The molecule has 0 rings (SSSR count). The Bertz CT molecular complexity index is 1120. The maximum atomic E-state index is 12.5. The zero-order valence-corrected chi connectivity index (χ0v) is 50.7. The van der Waals surface area contributed by atoms with Crippen LogP contribution in [0.3, 0.4) is 0 Å². The molecule has 0 saturated heterocycles. The third-order valence-corrected chi connectivity index (χ3v) is 14.4. The Balaban J connectivity index is -0.00000157. The SMILES string of the molecule is C.CCCCCCCCCCCCCOC(=O)CCN(CCCN(CCO)CCO)CCC(=O)OCCCCCCCCCCCCC.CCCCCCCCCCCCCOC(=O)CCNCCCN(CCC)CCO. The molecule has 0 aromatic carbocycles. The van der Waals surface area contributed by atoms with Crippen molar-refractivity contribution in [2.24, 2.45) is 0 Å². The van der Waals surface area contributed by atoms with E-state index in [1.54, 1.807) is 0 Å². The van der Waals surface area contributed by atoms with Gasteiger partial charge in [0.2, 0.25) is 0 Å². The van der Waals surface area contributed by atoms with Crippen molar-refractivity contribution in [1.82, 2.24) is 20.0 Å². The maximum absolute atomic E-state index is 12.5. The van der Waals surface area contributed by atoms with Gasteiger partial charge >= 0.3 is 17.9 Å². The fourth-order valence-corrected chi connectivity index (χ4v) is 9.58. The van der Waals surface area contributed by atoms with Gasteiger partial charge in [-0.2, -0.15) is 0 Å². The van der Waals surface area contributed by atoms with Crippen molar-refractivity contribution in [2.45, 2.75) is 286 Å². The van der Waals surface area contributed by atoms with Crippen LogP contribution in [0.2, 0.25) is 0 Å². The number of ether oxygens (including phenoxy) is 3. The number of unbranched alkanes of at least 4 members (excludes halogenated alkanes) is 30. The highest BCUT2D eigenvalue weighted by Crippen LogP contribution is 2.14. The topological polar surface area (TPSA) is 161 Å². The average Bonchev–Trinajstić information content (AvgIpc) is 3.41. The molecule has 0 aliphatic heterocycles. The van der Waals surface area contributed by atoms with Crippen molar-refractivity contribution in [3.8, 4) is 0 Å². The Morgan fingerprint density at radius 3 is 0.883 bits per heavy atom. The highest BCUT2D eigenvalue weighted by atomic mass is 16.5. The van der Waals surface area contributed by atoms with E-state index in [1.165, 1.54) is 180 Å². The van der Waals surface area contributed by atoms with Gasteiger partial charge in [-0.25, -0.2) is 0 Å². The number of rotatable bonds is 61. The number of aliphatic hydroxyl groups is 3. The van der Waals surface area contributed by atoms with Gasteiger partial charge in [-0.3, -0.25) is 19.3 Å². The highest BCUT2D eigenvalue weighted by Gasteiger charge is 2.14. The van der Waals surface area contributed by atoms with Gasteiger partial charge in [-0.1, -0.05) is 228 Å². The molecular formula is C64H132N4O9. The molecule has 13 heteroatoms. The minimum Gasteiger partial charge on any atom is -0.466 e. The normalized spacial score (nSPS) is 11.3. The molecule has 0 amide bonds. The number of nitrogens with zero attached hydrogens (tertiary/aromatic N) is 3. The molecule has 0 saturated carbocycles. The number of hydrogen-bond acceptors (Lipinski definition) is 13. The molecule has 0 atom stereocenters. The van der Waals surface area contributed by atoms with Gasteiger partial charge < -0.3 is 44.6 Å². The first-order valence-corrected chi connectivity index (χ1v) is 32.5. The molecule has 13 nitrogen and oxygen atoms in total. The van der Waals surface area contributed by atoms with Crippen molar-refractivity contribution in [1.29, 1.82) is 0 Å². The summed E-state index contributed by atoms with van der Waals surface area (Å²) in [6, 6.07) is 0. The minimum absolute atomic E-state index is 0. The van der Waals surface area contributed by atoms with Gasteiger partial charge in [0.25, 0.3) is 0 Å². The molecule has 0 aromatic heterocycles. The van der Waals surface area contributed by atoms with E-state index in [4.69, 9.17) is 19.3 Å². The number of esters is 3. The molecule has 0 bridgehead atoms. The molecule has 0 heterocycles. The number of carbonyl (C=O) groups is 3. The second kappa shape index (κ2) is 68.4. The summed E-state index contributed by atoms with van der Waals surface area (Å²) in [4.78, 5) is 43.1. The largest absolute Gasteiger partial charge is 0.466 e. The van der Waals surface area contributed by atoms with Crippen molar-refractivity contribution in [2.75, 3.05) is 112 Å². The van der Waals surface area contributed by atoms with Gasteiger partial charge in [0.1, 0.15) is 0 Å². The van der Waals surface area contributed by atoms with E-state index in [1.807, 2.05) is 4.90 Å². The molecular weight excluding hydrogens is 969 g/mol. The van der Waals surface area contributed by atoms with E-state index in [-0.39, 0.29) is 45.2 Å². The summed E-state index contributed by atoms with van der Waals surface area (Å²) in [6.45, 7) is 18.8. The molecule has 0 aromatic rings. The molecule has 0 aliphatic carbocycles. The predicted octanol–water partition coefficient (Wildman–Crippen LogP) is 14.0. The van der Waals surface area contributed by atoms with Gasteiger partial charge in [-0.05, 0) is 71.2 Å². The smallest absolute Gasteiger partial charge is 0.307 e. The summed E-state index contributed by atoms with van der Waals surface area (Å²) in [5.74, 6) is -0.441. The zero-order valence-electron chi connectivity index (χ0n) is 50.7. The lowest BCUT2D eigenvalue weighted by Crippen LogP contribution is -2.35. The van der Waals surface area contributed by atoms with Crippen LogP contribution in [-0.2, 0) is 28.6 Å². The van der Waals surface area contributed by atoms with E-state index in [0.717, 1.165) is 90.6 Å². The Kier molecular flexibility index (Phi) is 70.5. The zero-order chi connectivity index (χ0) is 55.9. The van der Waals surface area contributed by atoms with Crippen LogP contribution in [0.5, 0.6) is 0 Å². The van der Waals surface area contributed by atoms with Crippen molar-refractivity contribution in [3.05, 3.63) is 0 Å². The third kappa shape index (κ3) is 64.8. The third-order valence-electron chi connectivity index (χ3n) is 14.4. The van der Waals surface area contributed by atoms with Crippen LogP contribution in [0, 0.1) is 0 Å². The molecule has 0 fully saturated rings. The second-order valence-corrected chi connectivity index (χ2v) is 21.7. The Morgan fingerprint density at radius 1 is 0.299 bits per heavy atom. The molecule has 0 spiro atoms. The highest BCUT2D eigenvalue weighted by molar-refractivity contribution is 5.70. The van der Waals surface area contributed by atoms with Gasteiger partial charge in [0, 0.05) is 39.3 Å². The Labute approximate surface area is 477 Å². The van der Waals surface area contributed by atoms with E-state index in [2.05, 4.69) is 42.8 Å². The van der Waals surface area contributed by atoms with Crippen LogP contribution in [-0.4, -0.2) is 160 Å². The lowest BCUT2D eigenvalue weighted by atomic mass is 10.1. The first kappa shape index (κ1) is 79.4. The van der Waals surface area contributed by atoms with Crippen LogP contribution in [0.15, 0.2) is 0 Å². The monoisotopic (exact) mass is 1100 g/mol. The van der Waals surface area contributed by atoms with E-state index < -0.39 is 0 Å². The van der Waals surface area contributed by atoms with Crippen LogP contribution in [0.1, 0.15) is 286 Å². The molecule has 0 aliphatic rings. The summed E-state index contributed by atoms with van der Waals surface area (Å²) in [6.07, 6.45) is 46.3. The van der Waals surface area contributed by atoms with E-state index in [0.29, 0.717) is 71.8 Å². The molecule has 4 N–H and O–H groups in total. The molecule has 0 radical (unpaired) electrons. The summed E-state index contributed by atoms with van der Waals surface area (Å²) < 4.78 is 16.3. The lowest BCUT2D eigenvalue weighted by Gasteiger charge is -2.24. The van der Waals surface area contributed by atoms with Gasteiger partial charge in [0.05, 0.1) is 58.9 Å².